The zero-order valence-corrected chi connectivity index (χ0v) is 12.7. The zero-order chi connectivity index (χ0) is 13.8. The molecule has 2 aliphatic rings. The minimum atomic E-state index is 0.860. The Bertz CT molecular complexity index is 446. The van der Waals surface area contributed by atoms with Crippen molar-refractivity contribution >= 4 is 11.6 Å². The molecule has 1 aromatic carbocycles. The molecule has 0 bridgehead atoms. The van der Waals surface area contributed by atoms with Crippen molar-refractivity contribution in [3.63, 3.8) is 0 Å². The predicted octanol–water partition coefficient (Wildman–Crippen LogP) is 2.42. The third-order valence-electron chi connectivity index (χ3n) is 4.31. The van der Waals surface area contributed by atoms with Crippen LogP contribution in [0, 0.1) is 0 Å². The van der Waals surface area contributed by atoms with Crippen molar-refractivity contribution in [2.75, 3.05) is 45.9 Å². The number of fused-ring (bicyclic) bond motifs is 1. The van der Waals surface area contributed by atoms with Gasteiger partial charge in [0.2, 0.25) is 0 Å². The van der Waals surface area contributed by atoms with Crippen molar-refractivity contribution in [3.8, 4) is 0 Å². The molecule has 0 amide bonds. The summed E-state index contributed by atoms with van der Waals surface area (Å²) in [7, 11) is 0. The first-order valence-corrected chi connectivity index (χ1v) is 7.99. The largest absolute Gasteiger partial charge is 0.379 e. The first kappa shape index (κ1) is 14.3. The summed E-state index contributed by atoms with van der Waals surface area (Å²) in [5.41, 5.74) is 2.88. The maximum absolute atomic E-state index is 6.09. The summed E-state index contributed by atoms with van der Waals surface area (Å²) in [5.74, 6) is 0. The second kappa shape index (κ2) is 6.90. The Morgan fingerprint density at radius 2 is 1.80 bits per heavy atom. The first-order chi connectivity index (χ1) is 9.81. The van der Waals surface area contributed by atoms with Crippen LogP contribution >= 0.6 is 11.6 Å². The quantitative estimate of drug-likeness (QED) is 0.848. The molecular weight excluding hydrogens is 272 g/mol. The Morgan fingerprint density at radius 3 is 2.65 bits per heavy atom. The monoisotopic (exact) mass is 294 g/mol. The highest BCUT2D eigenvalue weighted by Crippen LogP contribution is 2.22. The number of rotatable bonds is 4. The average molecular weight is 295 g/mol. The molecule has 0 saturated carbocycles. The van der Waals surface area contributed by atoms with E-state index in [9.17, 15) is 0 Å². The summed E-state index contributed by atoms with van der Waals surface area (Å²) in [5, 5.41) is 0.860. The summed E-state index contributed by atoms with van der Waals surface area (Å²) >= 11 is 6.09. The van der Waals surface area contributed by atoms with Gasteiger partial charge in [-0.1, -0.05) is 17.7 Å². The Labute approximate surface area is 126 Å². The van der Waals surface area contributed by atoms with Crippen LogP contribution in [0.1, 0.15) is 17.5 Å². The fourth-order valence-electron chi connectivity index (χ4n) is 3.12. The van der Waals surface area contributed by atoms with E-state index in [0.717, 1.165) is 44.3 Å². The van der Waals surface area contributed by atoms with Gasteiger partial charge in [0, 0.05) is 31.2 Å². The Balaban J connectivity index is 1.45. The van der Waals surface area contributed by atoms with Crippen molar-refractivity contribution < 1.29 is 4.74 Å². The molecule has 3 nitrogen and oxygen atoms in total. The van der Waals surface area contributed by atoms with E-state index in [-0.39, 0.29) is 0 Å². The molecule has 2 heterocycles. The summed E-state index contributed by atoms with van der Waals surface area (Å²) in [6.45, 7) is 8.60. The summed E-state index contributed by atoms with van der Waals surface area (Å²) < 4.78 is 5.38. The molecule has 0 spiro atoms. The van der Waals surface area contributed by atoms with Gasteiger partial charge in [-0.25, -0.2) is 0 Å². The van der Waals surface area contributed by atoms with E-state index >= 15 is 0 Å². The highest BCUT2D eigenvalue weighted by molar-refractivity contribution is 6.30. The van der Waals surface area contributed by atoms with Crippen molar-refractivity contribution in [2.24, 2.45) is 0 Å². The number of ether oxygens (including phenoxy) is 1. The van der Waals surface area contributed by atoms with Crippen molar-refractivity contribution in [1.82, 2.24) is 9.80 Å². The highest BCUT2D eigenvalue weighted by Gasteiger charge is 2.16. The van der Waals surface area contributed by atoms with Crippen LogP contribution in [0.25, 0.3) is 0 Å². The fraction of sp³-hybridized carbons (Fsp3) is 0.625. The lowest BCUT2D eigenvalue weighted by Gasteiger charge is -2.31. The Morgan fingerprint density at radius 1 is 1.00 bits per heavy atom. The smallest absolute Gasteiger partial charge is 0.0594 e. The molecular formula is C16H23ClN2O. The SMILES string of the molecule is Clc1ccc2c(c1)CN(CCCN1CCOCC1)CC2. The van der Waals surface area contributed by atoms with E-state index in [4.69, 9.17) is 16.3 Å². The molecule has 0 aliphatic carbocycles. The summed E-state index contributed by atoms with van der Waals surface area (Å²) in [6.07, 6.45) is 2.40. The second-order valence-corrected chi connectivity index (χ2v) is 6.18. The third kappa shape index (κ3) is 3.73. The number of morpholine rings is 1. The van der Waals surface area contributed by atoms with Gasteiger partial charge in [-0.3, -0.25) is 9.80 Å². The predicted molar refractivity (Wildman–Crippen MR) is 82.3 cm³/mol. The van der Waals surface area contributed by atoms with Gasteiger partial charge in [0.25, 0.3) is 0 Å². The van der Waals surface area contributed by atoms with Crippen LogP contribution in [0.15, 0.2) is 18.2 Å². The normalized spacial score (nSPS) is 20.9. The van der Waals surface area contributed by atoms with Crippen LogP contribution in [0.5, 0.6) is 0 Å². The minimum Gasteiger partial charge on any atom is -0.379 e. The van der Waals surface area contributed by atoms with Gasteiger partial charge >= 0.3 is 0 Å². The maximum Gasteiger partial charge on any atom is 0.0594 e. The summed E-state index contributed by atoms with van der Waals surface area (Å²) in [4.78, 5) is 5.07. The van der Waals surface area contributed by atoms with Crippen LogP contribution < -0.4 is 0 Å². The molecule has 1 fully saturated rings. The van der Waals surface area contributed by atoms with E-state index in [1.54, 1.807) is 0 Å². The molecule has 0 N–H and O–H groups in total. The number of hydrogen-bond donors (Lipinski definition) is 0. The number of nitrogens with zero attached hydrogens (tertiary/aromatic N) is 2. The standard InChI is InChI=1S/C16H23ClN2O/c17-16-3-2-14-4-7-19(13-15(14)12-16)6-1-5-18-8-10-20-11-9-18/h2-3,12H,1,4-11,13H2. The molecule has 0 unspecified atom stereocenters. The van der Waals surface area contributed by atoms with Gasteiger partial charge in [0.1, 0.15) is 0 Å². The molecule has 3 rings (SSSR count). The minimum absolute atomic E-state index is 0.860. The Kier molecular flexibility index (Phi) is 4.94. The number of halogens is 1. The fourth-order valence-corrected chi connectivity index (χ4v) is 3.31. The van der Waals surface area contributed by atoms with Gasteiger partial charge < -0.3 is 4.74 Å². The van der Waals surface area contributed by atoms with Crippen molar-refractivity contribution in [1.29, 1.82) is 0 Å². The maximum atomic E-state index is 6.09. The average Bonchev–Trinajstić information content (AvgIpc) is 2.48. The Hall–Kier alpha value is -0.610. The lowest BCUT2D eigenvalue weighted by Crippen LogP contribution is -2.38. The van der Waals surface area contributed by atoms with E-state index < -0.39 is 0 Å². The van der Waals surface area contributed by atoms with Crippen LogP contribution in [-0.4, -0.2) is 55.7 Å². The third-order valence-corrected chi connectivity index (χ3v) is 4.55. The van der Waals surface area contributed by atoms with Gasteiger partial charge in [-0.2, -0.15) is 0 Å². The molecule has 110 valence electrons. The molecule has 0 atom stereocenters. The first-order valence-electron chi connectivity index (χ1n) is 7.61. The van der Waals surface area contributed by atoms with Crippen LogP contribution in [0.3, 0.4) is 0 Å². The van der Waals surface area contributed by atoms with Gasteiger partial charge in [0.15, 0.2) is 0 Å². The van der Waals surface area contributed by atoms with Crippen molar-refractivity contribution in [2.45, 2.75) is 19.4 Å². The van der Waals surface area contributed by atoms with Crippen molar-refractivity contribution in [3.05, 3.63) is 34.3 Å². The van der Waals surface area contributed by atoms with E-state index in [1.165, 1.54) is 37.2 Å². The highest BCUT2D eigenvalue weighted by atomic mass is 35.5. The zero-order valence-electron chi connectivity index (χ0n) is 12.0. The second-order valence-electron chi connectivity index (χ2n) is 5.75. The molecule has 2 aliphatic heterocycles. The summed E-state index contributed by atoms with van der Waals surface area (Å²) in [6, 6.07) is 6.32. The van der Waals surface area contributed by atoms with Crippen LogP contribution in [0.2, 0.25) is 5.02 Å². The number of hydrogen-bond acceptors (Lipinski definition) is 3. The lowest BCUT2D eigenvalue weighted by atomic mass is 10.00. The number of benzene rings is 1. The van der Waals surface area contributed by atoms with Gasteiger partial charge in [0.05, 0.1) is 13.2 Å². The van der Waals surface area contributed by atoms with E-state index in [2.05, 4.69) is 21.9 Å². The molecule has 4 heteroatoms. The molecule has 1 saturated heterocycles. The molecule has 20 heavy (non-hydrogen) atoms. The van der Waals surface area contributed by atoms with Gasteiger partial charge in [-0.15, -0.1) is 0 Å². The van der Waals surface area contributed by atoms with E-state index in [0.29, 0.717) is 0 Å². The molecule has 1 aromatic rings. The molecule has 0 radical (unpaired) electrons. The topological polar surface area (TPSA) is 15.7 Å². The van der Waals surface area contributed by atoms with Crippen LogP contribution in [0.4, 0.5) is 0 Å². The molecule has 0 aromatic heterocycles. The lowest BCUT2D eigenvalue weighted by molar-refractivity contribution is 0.0359. The van der Waals surface area contributed by atoms with Crippen LogP contribution in [-0.2, 0) is 17.7 Å². The van der Waals surface area contributed by atoms with E-state index in [1.807, 2.05) is 6.07 Å². The van der Waals surface area contributed by atoms with Gasteiger partial charge in [-0.05, 0) is 49.2 Å².